The molecule has 1 aliphatic carbocycles. The Morgan fingerprint density at radius 2 is 1.97 bits per heavy atom. The number of amides is 1. The van der Waals surface area contributed by atoms with Crippen LogP contribution in [-0.4, -0.2) is 58.8 Å². The molecule has 1 aromatic carbocycles. The van der Waals surface area contributed by atoms with Crippen molar-refractivity contribution in [3.8, 4) is 0 Å². The van der Waals surface area contributed by atoms with Crippen molar-refractivity contribution in [1.29, 1.82) is 0 Å². The van der Waals surface area contributed by atoms with Crippen LogP contribution in [-0.2, 0) is 11.2 Å². The summed E-state index contributed by atoms with van der Waals surface area (Å²) >= 11 is 0. The molecule has 1 aliphatic rings. The molecule has 2 atom stereocenters. The van der Waals surface area contributed by atoms with E-state index >= 15 is 0 Å². The molecule has 0 unspecified atom stereocenters. The molecule has 34 heavy (non-hydrogen) atoms. The third-order valence-corrected chi connectivity index (χ3v) is 6.99. The predicted molar refractivity (Wildman–Crippen MR) is 124 cm³/mol. The lowest BCUT2D eigenvalue weighted by atomic mass is 9.80. The van der Waals surface area contributed by atoms with Crippen LogP contribution in [0.3, 0.4) is 0 Å². The molecule has 3 aromatic rings. The second-order valence-corrected chi connectivity index (χ2v) is 9.56. The molecule has 2 heterocycles. The highest BCUT2D eigenvalue weighted by Crippen LogP contribution is 2.66. The van der Waals surface area contributed by atoms with Crippen LogP contribution in [0.1, 0.15) is 42.0 Å². The fourth-order valence-electron chi connectivity index (χ4n) is 4.60. The molecule has 1 saturated carbocycles. The lowest BCUT2D eigenvalue weighted by molar-refractivity contribution is -0.194. The number of H-pyrrole nitrogens is 1. The summed E-state index contributed by atoms with van der Waals surface area (Å²) in [6.45, 7) is 2.13. The number of pyridine rings is 1. The van der Waals surface area contributed by atoms with Gasteiger partial charge in [0.25, 0.3) is 0 Å². The first-order valence-corrected chi connectivity index (χ1v) is 11.4. The molecular formula is C25H30F3N5O. The molecule has 0 spiro atoms. The zero-order chi connectivity index (χ0) is 24.5. The highest BCUT2D eigenvalue weighted by Gasteiger charge is 2.67. The number of hydrogen-bond acceptors (Lipinski definition) is 4. The average Bonchev–Trinajstić information content (AvgIpc) is 3.47. The number of nitrogens with one attached hydrogen (secondary N) is 2. The molecule has 2 N–H and O–H groups in total. The van der Waals surface area contributed by atoms with Gasteiger partial charge in [-0.15, -0.1) is 0 Å². The summed E-state index contributed by atoms with van der Waals surface area (Å²) in [4.78, 5) is 19.1. The summed E-state index contributed by atoms with van der Waals surface area (Å²) in [5.74, 6) is -1.32. The number of halogens is 3. The van der Waals surface area contributed by atoms with Crippen LogP contribution < -0.4 is 5.32 Å². The van der Waals surface area contributed by atoms with Gasteiger partial charge in [-0.25, -0.2) is 0 Å². The topological polar surface area (TPSA) is 73.9 Å². The Hall–Kier alpha value is -2.94. The van der Waals surface area contributed by atoms with Gasteiger partial charge in [0.1, 0.15) is 0 Å². The highest BCUT2D eigenvalue weighted by atomic mass is 19.4. The summed E-state index contributed by atoms with van der Waals surface area (Å²) in [5.41, 5.74) is 1.40. The maximum absolute atomic E-state index is 13.9. The van der Waals surface area contributed by atoms with E-state index in [4.69, 9.17) is 0 Å². The molecule has 0 radical (unpaired) electrons. The maximum atomic E-state index is 13.9. The van der Waals surface area contributed by atoms with Crippen LogP contribution in [0.4, 0.5) is 13.2 Å². The predicted octanol–water partition coefficient (Wildman–Crippen LogP) is 4.37. The number of carbonyl (C=O) groups excluding carboxylic acids is 1. The Morgan fingerprint density at radius 1 is 1.21 bits per heavy atom. The monoisotopic (exact) mass is 473 g/mol. The summed E-state index contributed by atoms with van der Waals surface area (Å²) in [6.07, 6.45) is -0.565. The van der Waals surface area contributed by atoms with Crippen LogP contribution in [0.15, 0.2) is 42.7 Å². The van der Waals surface area contributed by atoms with E-state index in [0.29, 0.717) is 18.5 Å². The quantitative estimate of drug-likeness (QED) is 0.484. The zero-order valence-corrected chi connectivity index (χ0v) is 19.6. The molecule has 9 heteroatoms. The number of aryl methyl sites for hydroxylation is 1. The van der Waals surface area contributed by atoms with Crippen LogP contribution in [0.25, 0.3) is 10.9 Å². The first-order chi connectivity index (χ1) is 16.1. The van der Waals surface area contributed by atoms with Gasteiger partial charge >= 0.3 is 6.18 Å². The van der Waals surface area contributed by atoms with Crippen molar-refractivity contribution in [1.82, 2.24) is 25.4 Å². The number of aromatic nitrogens is 3. The lowest BCUT2D eigenvalue weighted by Gasteiger charge is -2.30. The van der Waals surface area contributed by atoms with Gasteiger partial charge in [0, 0.05) is 42.2 Å². The van der Waals surface area contributed by atoms with Gasteiger partial charge in [0.2, 0.25) is 5.91 Å². The van der Waals surface area contributed by atoms with E-state index in [1.165, 1.54) is 6.20 Å². The third-order valence-electron chi connectivity index (χ3n) is 6.99. The fourth-order valence-corrected chi connectivity index (χ4v) is 4.60. The largest absolute Gasteiger partial charge is 0.395 e. The van der Waals surface area contributed by atoms with Crippen LogP contribution in [0, 0.1) is 12.3 Å². The van der Waals surface area contributed by atoms with E-state index in [9.17, 15) is 18.0 Å². The zero-order valence-electron chi connectivity index (χ0n) is 19.6. The summed E-state index contributed by atoms with van der Waals surface area (Å²) in [5, 5.41) is 10.9. The standard InChI is InChI=1S/C25H30F3N5O/c1-16-4-6-18(13-29-16)21(24(8-9-24)25(26,27)28)12-23(34)30-15-20(33(2)3)11-17-5-7-22-19(10-17)14-31-32-22/h4-7,10,13-14,20-21H,8-9,11-12,15H2,1-3H3,(H,30,34)(H,31,32)/t20-,21+/m0/s1. The first-order valence-electron chi connectivity index (χ1n) is 11.4. The molecular weight excluding hydrogens is 443 g/mol. The molecule has 0 aliphatic heterocycles. The van der Waals surface area contributed by atoms with Crippen LogP contribution >= 0.6 is 0 Å². The van der Waals surface area contributed by atoms with E-state index in [0.717, 1.165) is 22.2 Å². The fraction of sp³-hybridized carbons (Fsp3) is 0.480. The Kier molecular flexibility index (Phi) is 6.66. The molecule has 2 aromatic heterocycles. The van der Waals surface area contributed by atoms with Gasteiger partial charge in [-0.2, -0.15) is 18.3 Å². The average molecular weight is 474 g/mol. The number of rotatable bonds is 9. The first kappa shape index (κ1) is 24.2. The third kappa shape index (κ3) is 5.09. The number of fused-ring (bicyclic) bond motifs is 1. The molecule has 0 bridgehead atoms. The number of aromatic amines is 1. The molecule has 0 saturated heterocycles. The molecule has 4 rings (SSSR count). The van der Waals surface area contributed by atoms with Crippen molar-refractivity contribution < 1.29 is 18.0 Å². The number of hydrogen-bond donors (Lipinski definition) is 2. The smallest absolute Gasteiger partial charge is 0.355 e. The van der Waals surface area contributed by atoms with Crippen molar-refractivity contribution in [2.75, 3.05) is 20.6 Å². The van der Waals surface area contributed by atoms with Gasteiger partial charge in [-0.05, 0) is 69.6 Å². The van der Waals surface area contributed by atoms with E-state index in [2.05, 4.69) is 26.6 Å². The maximum Gasteiger partial charge on any atom is 0.395 e. The van der Waals surface area contributed by atoms with Crippen molar-refractivity contribution in [3.63, 3.8) is 0 Å². The summed E-state index contributed by atoms with van der Waals surface area (Å²) in [6, 6.07) is 9.39. The van der Waals surface area contributed by atoms with Crippen molar-refractivity contribution in [2.45, 2.75) is 50.7 Å². The molecule has 6 nitrogen and oxygen atoms in total. The Bertz CT molecular complexity index is 1140. The van der Waals surface area contributed by atoms with Crippen molar-refractivity contribution in [3.05, 3.63) is 59.5 Å². The van der Waals surface area contributed by atoms with Crippen LogP contribution in [0.2, 0.25) is 0 Å². The van der Waals surface area contributed by atoms with Gasteiger partial charge in [0.05, 0.1) is 17.1 Å². The number of benzene rings is 1. The lowest BCUT2D eigenvalue weighted by Crippen LogP contribution is -2.42. The Balaban J connectivity index is 1.44. The minimum atomic E-state index is -4.36. The van der Waals surface area contributed by atoms with Crippen LogP contribution in [0.5, 0.6) is 0 Å². The SMILES string of the molecule is Cc1ccc([C@@H](CC(=O)NC[C@H](Cc2ccc3[nH]ncc3c2)N(C)C)C2(C(F)(F)F)CC2)cn1. The van der Waals surface area contributed by atoms with Crippen molar-refractivity contribution >= 4 is 16.8 Å². The van der Waals surface area contributed by atoms with Gasteiger partial charge < -0.3 is 10.2 Å². The van der Waals surface area contributed by atoms with E-state index in [1.807, 2.05) is 31.1 Å². The summed E-state index contributed by atoms with van der Waals surface area (Å²) < 4.78 is 41.8. The summed E-state index contributed by atoms with van der Waals surface area (Å²) in [7, 11) is 3.85. The van der Waals surface area contributed by atoms with Gasteiger partial charge in [-0.1, -0.05) is 12.1 Å². The minimum Gasteiger partial charge on any atom is -0.355 e. The second kappa shape index (κ2) is 9.37. The van der Waals surface area contributed by atoms with Crippen molar-refractivity contribution in [2.24, 2.45) is 5.41 Å². The van der Waals surface area contributed by atoms with Gasteiger partial charge in [0.15, 0.2) is 0 Å². The Labute approximate surface area is 196 Å². The highest BCUT2D eigenvalue weighted by molar-refractivity contribution is 5.78. The molecule has 1 amide bonds. The number of nitrogens with zero attached hydrogens (tertiary/aromatic N) is 3. The van der Waals surface area contributed by atoms with E-state index in [1.54, 1.807) is 25.3 Å². The number of alkyl halides is 3. The normalized spacial score (nSPS) is 17.0. The number of likely N-dealkylation sites (N-methyl/N-ethyl adjacent to an activating group) is 1. The minimum absolute atomic E-state index is 0.00899. The number of carbonyl (C=O) groups is 1. The Morgan fingerprint density at radius 3 is 2.59 bits per heavy atom. The second-order valence-electron chi connectivity index (χ2n) is 9.56. The molecule has 182 valence electrons. The van der Waals surface area contributed by atoms with Gasteiger partial charge in [-0.3, -0.25) is 14.9 Å². The van der Waals surface area contributed by atoms with E-state index in [-0.39, 0.29) is 31.2 Å². The van der Waals surface area contributed by atoms with E-state index < -0.39 is 17.5 Å². The molecule has 1 fully saturated rings.